The van der Waals surface area contributed by atoms with E-state index in [9.17, 15) is 9.59 Å². The molecule has 120 valence electrons. The largest absolute Gasteiger partial charge is 0.467 e. The van der Waals surface area contributed by atoms with Crippen LogP contribution in [0.3, 0.4) is 0 Å². The van der Waals surface area contributed by atoms with Crippen molar-refractivity contribution in [2.75, 3.05) is 13.2 Å². The van der Waals surface area contributed by atoms with Crippen LogP contribution < -0.4 is 10.6 Å². The minimum Gasteiger partial charge on any atom is -0.467 e. The van der Waals surface area contributed by atoms with E-state index < -0.39 is 11.8 Å². The van der Waals surface area contributed by atoms with Crippen molar-refractivity contribution in [1.29, 1.82) is 0 Å². The van der Waals surface area contributed by atoms with Crippen molar-refractivity contribution in [2.45, 2.75) is 19.1 Å². The molecule has 0 saturated heterocycles. The molecule has 2 aromatic rings. The first-order chi connectivity index (χ1) is 11.2. The van der Waals surface area contributed by atoms with Crippen LogP contribution >= 0.6 is 0 Å². The Hall–Kier alpha value is -2.60. The molecule has 0 unspecified atom stereocenters. The lowest BCUT2D eigenvalue weighted by molar-refractivity contribution is -0.139. The first kappa shape index (κ1) is 15.3. The molecule has 1 aliphatic rings. The second-order valence-corrected chi connectivity index (χ2v) is 5.28. The molecule has 1 aliphatic heterocycles. The predicted octanol–water partition coefficient (Wildman–Crippen LogP) is 1.33. The molecule has 0 saturated carbocycles. The van der Waals surface area contributed by atoms with Crippen molar-refractivity contribution in [2.24, 2.45) is 0 Å². The van der Waals surface area contributed by atoms with Gasteiger partial charge in [0.2, 0.25) is 0 Å². The van der Waals surface area contributed by atoms with Gasteiger partial charge < -0.3 is 19.8 Å². The Bertz CT molecular complexity index is 682. The van der Waals surface area contributed by atoms with Crippen molar-refractivity contribution in [3.05, 3.63) is 59.5 Å². The molecular formula is C17H18N2O4. The number of nitrogens with one attached hydrogen (secondary N) is 2. The molecule has 2 amide bonds. The summed E-state index contributed by atoms with van der Waals surface area (Å²) in [7, 11) is 0. The highest BCUT2D eigenvalue weighted by atomic mass is 16.5. The molecule has 1 atom stereocenters. The summed E-state index contributed by atoms with van der Waals surface area (Å²) in [5.41, 5.74) is 2.29. The summed E-state index contributed by atoms with van der Waals surface area (Å²) < 4.78 is 10.8. The highest BCUT2D eigenvalue weighted by molar-refractivity contribution is 6.35. The quantitative estimate of drug-likeness (QED) is 0.834. The maximum atomic E-state index is 11.8. The van der Waals surface area contributed by atoms with Crippen LogP contribution in [0.5, 0.6) is 0 Å². The molecule has 0 fully saturated rings. The van der Waals surface area contributed by atoms with Crippen LogP contribution in [-0.2, 0) is 27.3 Å². The van der Waals surface area contributed by atoms with Gasteiger partial charge in [0.05, 0.1) is 19.4 Å². The lowest BCUT2D eigenvalue weighted by atomic mass is 9.97. The zero-order valence-corrected chi connectivity index (χ0v) is 12.6. The number of rotatable bonds is 4. The molecule has 3 rings (SSSR count). The van der Waals surface area contributed by atoms with Crippen LogP contribution in [0.4, 0.5) is 0 Å². The Balaban J connectivity index is 1.50. The van der Waals surface area contributed by atoms with Crippen LogP contribution in [0, 0.1) is 0 Å². The minimum atomic E-state index is -0.689. The monoisotopic (exact) mass is 314 g/mol. The van der Waals surface area contributed by atoms with E-state index in [0.29, 0.717) is 12.4 Å². The molecule has 23 heavy (non-hydrogen) atoms. The molecule has 2 heterocycles. The lowest BCUT2D eigenvalue weighted by Gasteiger charge is -2.26. The summed E-state index contributed by atoms with van der Waals surface area (Å²) in [6, 6.07) is 11.4. The Morgan fingerprint density at radius 3 is 2.74 bits per heavy atom. The standard InChI is InChI=1S/C17H18N2O4/c20-16(18-10-13-5-3-8-22-13)17(21)19-11-15-14-6-2-1-4-12(14)7-9-23-15/h1-6,8,15H,7,9-11H2,(H,18,20)(H,19,21)/t15-/m0/s1. The molecule has 0 bridgehead atoms. The van der Waals surface area contributed by atoms with E-state index >= 15 is 0 Å². The number of hydrogen-bond acceptors (Lipinski definition) is 4. The summed E-state index contributed by atoms with van der Waals surface area (Å²) in [5.74, 6) is -0.774. The average Bonchev–Trinajstić information content (AvgIpc) is 3.11. The molecule has 0 spiro atoms. The van der Waals surface area contributed by atoms with Gasteiger partial charge in [-0.25, -0.2) is 0 Å². The third kappa shape index (κ3) is 3.78. The second-order valence-electron chi connectivity index (χ2n) is 5.28. The van der Waals surface area contributed by atoms with E-state index in [-0.39, 0.29) is 19.2 Å². The number of fused-ring (bicyclic) bond motifs is 1. The van der Waals surface area contributed by atoms with Crippen molar-refractivity contribution in [3.63, 3.8) is 0 Å². The summed E-state index contributed by atoms with van der Waals surface area (Å²) in [6.07, 6.45) is 2.16. The fourth-order valence-corrected chi connectivity index (χ4v) is 2.57. The number of carbonyl (C=O) groups excluding carboxylic acids is 2. The third-order valence-corrected chi connectivity index (χ3v) is 3.75. The third-order valence-electron chi connectivity index (χ3n) is 3.75. The van der Waals surface area contributed by atoms with E-state index in [1.807, 2.05) is 18.2 Å². The molecular weight excluding hydrogens is 296 g/mol. The minimum absolute atomic E-state index is 0.183. The van der Waals surface area contributed by atoms with Gasteiger partial charge in [-0.1, -0.05) is 24.3 Å². The molecule has 2 N–H and O–H groups in total. The number of ether oxygens (including phenoxy) is 1. The van der Waals surface area contributed by atoms with Gasteiger partial charge >= 0.3 is 11.8 Å². The summed E-state index contributed by atoms with van der Waals surface area (Å²) >= 11 is 0. The smallest absolute Gasteiger partial charge is 0.309 e. The van der Waals surface area contributed by atoms with E-state index in [1.165, 1.54) is 11.8 Å². The zero-order valence-electron chi connectivity index (χ0n) is 12.6. The van der Waals surface area contributed by atoms with Gasteiger partial charge in [0.15, 0.2) is 0 Å². The van der Waals surface area contributed by atoms with Gasteiger partial charge in [-0.2, -0.15) is 0 Å². The van der Waals surface area contributed by atoms with E-state index in [4.69, 9.17) is 9.15 Å². The van der Waals surface area contributed by atoms with Crippen LogP contribution in [0.2, 0.25) is 0 Å². The Morgan fingerprint density at radius 2 is 1.91 bits per heavy atom. The summed E-state index contributed by atoms with van der Waals surface area (Å²) in [5, 5.41) is 5.12. The number of furan rings is 1. The maximum Gasteiger partial charge on any atom is 0.309 e. The van der Waals surface area contributed by atoms with Gasteiger partial charge in [-0.3, -0.25) is 9.59 Å². The van der Waals surface area contributed by atoms with Crippen LogP contribution in [0.1, 0.15) is 23.0 Å². The van der Waals surface area contributed by atoms with Crippen molar-refractivity contribution in [3.8, 4) is 0 Å². The maximum absolute atomic E-state index is 11.8. The average molecular weight is 314 g/mol. The van der Waals surface area contributed by atoms with Crippen LogP contribution in [-0.4, -0.2) is 25.0 Å². The highest BCUT2D eigenvalue weighted by Crippen LogP contribution is 2.26. The Morgan fingerprint density at radius 1 is 1.09 bits per heavy atom. The normalized spacial score (nSPS) is 16.4. The van der Waals surface area contributed by atoms with Gasteiger partial charge in [-0.15, -0.1) is 0 Å². The first-order valence-corrected chi connectivity index (χ1v) is 7.52. The molecule has 1 aromatic carbocycles. The fraction of sp³-hybridized carbons (Fsp3) is 0.294. The van der Waals surface area contributed by atoms with E-state index in [1.54, 1.807) is 12.1 Å². The molecule has 1 aromatic heterocycles. The summed E-state index contributed by atoms with van der Waals surface area (Å²) in [6.45, 7) is 1.06. The van der Waals surface area contributed by atoms with Gasteiger partial charge in [0, 0.05) is 6.54 Å². The molecule has 0 radical (unpaired) electrons. The fourth-order valence-electron chi connectivity index (χ4n) is 2.57. The second kappa shape index (κ2) is 7.11. The van der Waals surface area contributed by atoms with Gasteiger partial charge in [0.25, 0.3) is 0 Å². The predicted molar refractivity (Wildman–Crippen MR) is 82.4 cm³/mol. The number of carbonyl (C=O) groups is 2. The highest BCUT2D eigenvalue weighted by Gasteiger charge is 2.22. The van der Waals surface area contributed by atoms with Crippen molar-refractivity contribution in [1.82, 2.24) is 10.6 Å². The zero-order chi connectivity index (χ0) is 16.1. The van der Waals surface area contributed by atoms with Crippen molar-refractivity contribution < 1.29 is 18.7 Å². The number of benzene rings is 1. The van der Waals surface area contributed by atoms with E-state index in [0.717, 1.165) is 12.0 Å². The van der Waals surface area contributed by atoms with Crippen LogP contribution in [0.25, 0.3) is 0 Å². The Kier molecular flexibility index (Phi) is 4.73. The SMILES string of the molecule is O=C(NCc1ccco1)C(=O)NC[C@@H]1OCCc2ccccc21. The first-order valence-electron chi connectivity index (χ1n) is 7.52. The summed E-state index contributed by atoms with van der Waals surface area (Å²) in [4.78, 5) is 23.6. The molecule has 6 heteroatoms. The number of amides is 2. The Labute approximate surface area is 133 Å². The molecule has 6 nitrogen and oxygen atoms in total. The van der Waals surface area contributed by atoms with E-state index in [2.05, 4.69) is 16.7 Å². The van der Waals surface area contributed by atoms with Gasteiger partial charge in [-0.05, 0) is 29.7 Å². The van der Waals surface area contributed by atoms with Gasteiger partial charge in [0.1, 0.15) is 11.9 Å². The molecule has 0 aliphatic carbocycles. The van der Waals surface area contributed by atoms with Crippen LogP contribution in [0.15, 0.2) is 47.1 Å². The lowest BCUT2D eigenvalue weighted by Crippen LogP contribution is -2.41. The number of hydrogen-bond donors (Lipinski definition) is 2. The topological polar surface area (TPSA) is 80.6 Å². The van der Waals surface area contributed by atoms with Crippen molar-refractivity contribution >= 4 is 11.8 Å².